The summed E-state index contributed by atoms with van der Waals surface area (Å²) in [6, 6.07) is 10.6. The lowest BCUT2D eigenvalue weighted by molar-refractivity contribution is -0.00364. The molecule has 0 saturated carbocycles. The van der Waals surface area contributed by atoms with Gasteiger partial charge < -0.3 is 9.47 Å². The summed E-state index contributed by atoms with van der Waals surface area (Å²) in [5.74, 6) is 0. The van der Waals surface area contributed by atoms with E-state index in [0.29, 0.717) is 0 Å². The van der Waals surface area contributed by atoms with Crippen molar-refractivity contribution in [2.45, 2.75) is 51.4 Å². The van der Waals surface area contributed by atoms with Crippen LogP contribution in [0.3, 0.4) is 0 Å². The van der Waals surface area contributed by atoms with Crippen molar-refractivity contribution in [3.8, 4) is 0 Å². The molecule has 0 radical (unpaired) electrons. The fraction of sp³-hybridized carbons (Fsp3) is 0.550. The number of carbonyl (C=O) groups is 1. The predicted molar refractivity (Wildman–Crippen MR) is 97.1 cm³/mol. The number of amides is 1. The summed E-state index contributed by atoms with van der Waals surface area (Å²) in [5, 5.41) is 0. The molecule has 2 aliphatic heterocycles. The number of rotatable bonds is 3. The fourth-order valence-corrected chi connectivity index (χ4v) is 3.75. The number of hydrogen-bond donors (Lipinski definition) is 0. The van der Waals surface area contributed by atoms with E-state index in [1.54, 1.807) is 13.4 Å². The highest BCUT2D eigenvalue weighted by atomic mass is 16.6. The van der Waals surface area contributed by atoms with Crippen LogP contribution in [-0.2, 0) is 16.0 Å². The maximum atomic E-state index is 12.7. The van der Waals surface area contributed by atoms with Crippen molar-refractivity contribution < 1.29 is 14.3 Å². The molecule has 0 N–H and O–H groups in total. The zero-order valence-corrected chi connectivity index (χ0v) is 15.6. The predicted octanol–water partition coefficient (Wildman–Crippen LogP) is 3.41. The number of piperazine rings is 1. The quantitative estimate of drug-likeness (QED) is 0.788. The number of hydrogen-bond acceptors (Lipinski definition) is 4. The maximum absolute atomic E-state index is 12.7. The SMILES string of the molecule is CO/C=C1\C[C@@H]2CN(Cc3ccccc3)C[C@H]1N2C(=O)OC(C)(C)C. The Balaban J connectivity index is 1.76. The van der Waals surface area contributed by atoms with Crippen LogP contribution in [0.15, 0.2) is 42.2 Å². The van der Waals surface area contributed by atoms with E-state index in [2.05, 4.69) is 29.2 Å². The Morgan fingerprint density at radius 3 is 2.60 bits per heavy atom. The molecule has 2 atom stereocenters. The van der Waals surface area contributed by atoms with Crippen LogP contribution in [0.1, 0.15) is 32.8 Å². The summed E-state index contributed by atoms with van der Waals surface area (Å²) >= 11 is 0. The third kappa shape index (κ3) is 4.15. The van der Waals surface area contributed by atoms with Gasteiger partial charge in [0.2, 0.25) is 0 Å². The van der Waals surface area contributed by atoms with Crippen LogP contribution >= 0.6 is 0 Å². The van der Waals surface area contributed by atoms with Crippen molar-refractivity contribution in [1.29, 1.82) is 0 Å². The van der Waals surface area contributed by atoms with Crippen LogP contribution in [-0.4, -0.2) is 53.8 Å². The molecule has 136 valence electrons. The lowest BCUT2D eigenvalue weighted by Crippen LogP contribution is -2.56. The number of nitrogens with zero attached hydrogens (tertiary/aromatic N) is 2. The Bertz CT molecular complexity index is 636. The van der Waals surface area contributed by atoms with Gasteiger partial charge in [0.25, 0.3) is 0 Å². The fourth-order valence-electron chi connectivity index (χ4n) is 3.75. The third-order valence-electron chi connectivity index (χ3n) is 4.65. The average Bonchev–Trinajstić information content (AvgIpc) is 2.75. The molecule has 1 amide bonds. The topological polar surface area (TPSA) is 42.0 Å². The number of fused-ring (bicyclic) bond motifs is 2. The maximum Gasteiger partial charge on any atom is 0.411 e. The summed E-state index contributed by atoms with van der Waals surface area (Å²) in [6.45, 7) is 8.28. The van der Waals surface area contributed by atoms with Gasteiger partial charge in [0.15, 0.2) is 0 Å². The molecule has 2 aliphatic rings. The van der Waals surface area contributed by atoms with Crippen molar-refractivity contribution in [2.75, 3.05) is 20.2 Å². The first-order chi connectivity index (χ1) is 11.9. The van der Waals surface area contributed by atoms with Crippen LogP contribution in [0.2, 0.25) is 0 Å². The van der Waals surface area contributed by atoms with Gasteiger partial charge in [0.1, 0.15) is 5.60 Å². The third-order valence-corrected chi connectivity index (χ3v) is 4.65. The van der Waals surface area contributed by atoms with E-state index in [1.165, 1.54) is 11.1 Å². The molecule has 5 heteroatoms. The first kappa shape index (κ1) is 17.8. The molecule has 5 nitrogen and oxygen atoms in total. The van der Waals surface area contributed by atoms with Gasteiger partial charge in [-0.1, -0.05) is 30.3 Å². The minimum absolute atomic E-state index is 0.0252. The highest BCUT2D eigenvalue weighted by Crippen LogP contribution is 2.36. The molecule has 0 spiro atoms. The highest BCUT2D eigenvalue weighted by Gasteiger charge is 2.47. The molecule has 0 aliphatic carbocycles. The number of ether oxygens (including phenoxy) is 2. The summed E-state index contributed by atoms with van der Waals surface area (Å²) < 4.78 is 10.9. The molecule has 0 unspecified atom stereocenters. The van der Waals surface area contributed by atoms with Crippen molar-refractivity contribution in [3.63, 3.8) is 0 Å². The van der Waals surface area contributed by atoms with Gasteiger partial charge in [-0.3, -0.25) is 9.80 Å². The minimum atomic E-state index is -0.483. The second-order valence-electron chi connectivity index (χ2n) is 7.87. The van der Waals surface area contributed by atoms with Gasteiger partial charge in [-0.05, 0) is 38.3 Å². The molecular weight excluding hydrogens is 316 g/mol. The van der Waals surface area contributed by atoms with Crippen LogP contribution in [0.5, 0.6) is 0 Å². The highest BCUT2D eigenvalue weighted by molar-refractivity contribution is 5.71. The standard InChI is InChI=1S/C20H28N2O3/c1-20(2,3)25-19(23)22-17-10-16(14-24-4)18(22)13-21(12-17)11-15-8-6-5-7-9-15/h5-9,14,17-18H,10-13H2,1-4H3/b16-14+/t17-,18-/m1/s1. The van der Waals surface area contributed by atoms with E-state index in [9.17, 15) is 4.79 Å². The number of carbonyl (C=O) groups excluding carboxylic acids is 1. The van der Waals surface area contributed by atoms with E-state index < -0.39 is 5.60 Å². The lowest BCUT2D eigenvalue weighted by atomic mass is 10.1. The van der Waals surface area contributed by atoms with E-state index in [-0.39, 0.29) is 18.2 Å². The van der Waals surface area contributed by atoms with E-state index in [1.807, 2.05) is 31.7 Å². The number of benzene rings is 1. The average molecular weight is 344 g/mol. The lowest BCUT2D eigenvalue weighted by Gasteiger charge is -2.41. The molecule has 0 aromatic heterocycles. The Morgan fingerprint density at radius 2 is 1.96 bits per heavy atom. The Kier molecular flexibility index (Phi) is 5.04. The van der Waals surface area contributed by atoms with Gasteiger partial charge in [0.05, 0.1) is 25.5 Å². The van der Waals surface area contributed by atoms with Crippen LogP contribution in [0, 0.1) is 0 Å². The molecular formula is C20H28N2O3. The molecule has 1 aromatic carbocycles. The summed E-state index contributed by atoms with van der Waals surface area (Å²) in [5.41, 5.74) is 1.99. The molecule has 3 rings (SSSR count). The monoisotopic (exact) mass is 344 g/mol. The van der Waals surface area contributed by atoms with Crippen LogP contribution < -0.4 is 0 Å². The normalized spacial score (nSPS) is 25.3. The molecule has 2 bridgehead atoms. The zero-order valence-electron chi connectivity index (χ0n) is 15.6. The molecule has 2 heterocycles. The second-order valence-corrected chi connectivity index (χ2v) is 7.87. The van der Waals surface area contributed by atoms with Gasteiger partial charge in [-0.2, -0.15) is 0 Å². The van der Waals surface area contributed by atoms with Gasteiger partial charge in [-0.25, -0.2) is 4.79 Å². The molecule has 1 aromatic rings. The van der Waals surface area contributed by atoms with Gasteiger partial charge in [-0.15, -0.1) is 0 Å². The van der Waals surface area contributed by atoms with Crippen molar-refractivity contribution in [1.82, 2.24) is 9.80 Å². The number of likely N-dealkylation sites (tertiary alicyclic amines) is 1. The first-order valence-electron chi connectivity index (χ1n) is 8.86. The second kappa shape index (κ2) is 7.08. The summed E-state index contributed by atoms with van der Waals surface area (Å²) in [7, 11) is 1.66. The smallest absolute Gasteiger partial charge is 0.411 e. The van der Waals surface area contributed by atoms with Gasteiger partial charge >= 0.3 is 6.09 Å². The van der Waals surface area contributed by atoms with Crippen LogP contribution in [0.25, 0.3) is 0 Å². The van der Waals surface area contributed by atoms with Gasteiger partial charge in [0, 0.05) is 19.6 Å². The minimum Gasteiger partial charge on any atom is -0.504 e. The van der Waals surface area contributed by atoms with Crippen molar-refractivity contribution in [3.05, 3.63) is 47.7 Å². The summed E-state index contributed by atoms with van der Waals surface area (Å²) in [4.78, 5) is 17.0. The Hall–Kier alpha value is -2.01. The van der Waals surface area contributed by atoms with Crippen LogP contribution in [0.4, 0.5) is 4.79 Å². The van der Waals surface area contributed by atoms with E-state index in [4.69, 9.17) is 9.47 Å². The Labute approximate surface area is 150 Å². The largest absolute Gasteiger partial charge is 0.504 e. The van der Waals surface area contributed by atoms with E-state index >= 15 is 0 Å². The Morgan fingerprint density at radius 1 is 1.24 bits per heavy atom. The van der Waals surface area contributed by atoms with Crippen molar-refractivity contribution in [2.24, 2.45) is 0 Å². The molecule has 2 saturated heterocycles. The molecule has 2 fully saturated rings. The first-order valence-corrected chi connectivity index (χ1v) is 8.86. The number of methoxy groups -OCH3 is 1. The van der Waals surface area contributed by atoms with E-state index in [0.717, 1.165) is 26.1 Å². The van der Waals surface area contributed by atoms with Crippen molar-refractivity contribution >= 4 is 6.09 Å². The summed E-state index contributed by atoms with van der Waals surface area (Å²) in [6.07, 6.45) is 2.43. The molecule has 25 heavy (non-hydrogen) atoms. The zero-order chi connectivity index (χ0) is 18.0.